The van der Waals surface area contributed by atoms with Crippen LogP contribution in [0.25, 0.3) is 0 Å². The molecule has 2 unspecified atom stereocenters. The summed E-state index contributed by atoms with van der Waals surface area (Å²) in [7, 11) is 0. The summed E-state index contributed by atoms with van der Waals surface area (Å²) in [5.74, 6) is 0.611. The first-order valence-corrected chi connectivity index (χ1v) is 10.0. The van der Waals surface area contributed by atoms with Gasteiger partial charge in [0.25, 0.3) is 0 Å². The Bertz CT molecular complexity index is 635. The predicted molar refractivity (Wildman–Crippen MR) is 145 cm³/mol. The van der Waals surface area contributed by atoms with E-state index in [-0.39, 0.29) is 106 Å². The van der Waals surface area contributed by atoms with E-state index in [0.717, 1.165) is 6.54 Å². The van der Waals surface area contributed by atoms with Crippen LogP contribution in [-0.2, 0) is 12.4 Å². The third kappa shape index (κ3) is 31.9. The van der Waals surface area contributed by atoms with Crippen LogP contribution in [0.5, 0.6) is 0 Å². The summed E-state index contributed by atoms with van der Waals surface area (Å²) in [5, 5.41) is 3.46. The molecule has 0 radical (unpaired) electrons. The van der Waals surface area contributed by atoms with E-state index < -0.39 is 0 Å². The monoisotopic (exact) mass is 624 g/mol. The molecule has 0 fully saturated rings. The minimum absolute atomic E-state index is 0. The Hall–Kier alpha value is 1.88. The third-order valence-electron chi connectivity index (χ3n) is 3.22. The summed E-state index contributed by atoms with van der Waals surface area (Å²) in [6.07, 6.45) is 0. The Morgan fingerprint density at radius 2 is 1.03 bits per heavy atom. The summed E-state index contributed by atoms with van der Waals surface area (Å²) in [6, 6.07) is 16.9. The molecular formula is C24H45ClIKN2P2. The number of alkyl halides is 1. The van der Waals surface area contributed by atoms with E-state index in [0.29, 0.717) is 5.88 Å². The summed E-state index contributed by atoms with van der Waals surface area (Å²) >= 11 is 5.58. The van der Waals surface area contributed by atoms with E-state index in [1.54, 1.807) is 0 Å². The molecular weight excluding hydrogens is 580 g/mol. The van der Waals surface area contributed by atoms with E-state index in [2.05, 4.69) is 76.3 Å². The van der Waals surface area contributed by atoms with Crippen LogP contribution in [0.2, 0.25) is 0 Å². The Morgan fingerprint density at radius 3 is 1.29 bits per heavy atom. The first-order valence-electron chi connectivity index (χ1n) is 9.51. The number of halogens is 2. The number of aryl methyl sites for hydroxylation is 2. The SMILES string of the molecule is CC(C)(C)N.Cc1ccc(CCl)cc1.Cc1ccc(CNC(C)(C)C)cc1.P.P.[I-].[K+]. The van der Waals surface area contributed by atoms with Crippen molar-refractivity contribution in [2.75, 3.05) is 0 Å². The fourth-order valence-electron chi connectivity index (χ4n) is 1.75. The van der Waals surface area contributed by atoms with Gasteiger partial charge in [0.1, 0.15) is 0 Å². The average Bonchev–Trinajstić information content (AvgIpc) is 2.53. The van der Waals surface area contributed by atoms with Crippen molar-refractivity contribution in [2.45, 2.75) is 78.9 Å². The molecule has 2 aromatic rings. The molecule has 31 heavy (non-hydrogen) atoms. The maximum absolute atomic E-state index is 5.58. The minimum Gasteiger partial charge on any atom is -1.00 e. The van der Waals surface area contributed by atoms with E-state index in [1.807, 2.05) is 32.9 Å². The Balaban J connectivity index is -0.000000111. The standard InChI is InChI=1S/C12H19N.C8H9Cl.C4H11N.HI.K.2H3P/c1-10-5-7-11(8-6-10)9-13-12(2,3)4;1-7-2-4-8(6-9)5-3-7;1-4(2,3)5;;;;/h5-8,13H,9H2,1-4H3;2-5H,6H2,1H3;5H2,1-3H3;1H;;2*1H3/q;;;;+1;;/p-1. The molecule has 0 aromatic heterocycles. The quantitative estimate of drug-likeness (QED) is 0.226. The van der Waals surface area contributed by atoms with Crippen LogP contribution < -0.4 is 86.4 Å². The maximum atomic E-state index is 5.58. The van der Waals surface area contributed by atoms with E-state index >= 15 is 0 Å². The summed E-state index contributed by atoms with van der Waals surface area (Å²) in [4.78, 5) is 0. The van der Waals surface area contributed by atoms with Crippen LogP contribution in [0.3, 0.4) is 0 Å². The maximum Gasteiger partial charge on any atom is 1.00 e. The Labute approximate surface area is 264 Å². The molecule has 7 heteroatoms. The van der Waals surface area contributed by atoms with Gasteiger partial charge in [-0.3, -0.25) is 0 Å². The van der Waals surface area contributed by atoms with Gasteiger partial charge in [-0.15, -0.1) is 11.6 Å². The van der Waals surface area contributed by atoms with Crippen molar-refractivity contribution >= 4 is 31.4 Å². The molecule has 3 N–H and O–H groups in total. The molecule has 2 rings (SSSR count). The minimum atomic E-state index is 0. The fraction of sp³-hybridized carbons (Fsp3) is 0.500. The second-order valence-electron chi connectivity index (χ2n) is 9.07. The molecule has 2 nitrogen and oxygen atoms in total. The molecule has 176 valence electrons. The van der Waals surface area contributed by atoms with Crippen LogP contribution in [0.1, 0.15) is 63.8 Å². The first kappa shape index (κ1) is 43.0. The van der Waals surface area contributed by atoms with Gasteiger partial charge < -0.3 is 35.0 Å². The molecule has 0 bridgehead atoms. The first-order chi connectivity index (χ1) is 12.3. The van der Waals surface area contributed by atoms with Crippen molar-refractivity contribution < 1.29 is 75.4 Å². The fourth-order valence-corrected chi connectivity index (χ4v) is 1.93. The molecule has 0 saturated carbocycles. The van der Waals surface area contributed by atoms with Gasteiger partial charge in [-0.25, -0.2) is 0 Å². The predicted octanol–water partition coefficient (Wildman–Crippen LogP) is 0.485. The zero-order valence-electron chi connectivity index (χ0n) is 21.3. The Kier molecular flexibility index (Phi) is 31.0. The second-order valence-corrected chi connectivity index (χ2v) is 9.34. The van der Waals surface area contributed by atoms with Crippen molar-refractivity contribution in [3.8, 4) is 0 Å². The zero-order valence-corrected chi connectivity index (χ0v) is 30.1. The van der Waals surface area contributed by atoms with Gasteiger partial charge in [-0.1, -0.05) is 59.7 Å². The van der Waals surface area contributed by atoms with Gasteiger partial charge in [0.05, 0.1) is 0 Å². The number of hydrogen-bond donors (Lipinski definition) is 2. The van der Waals surface area contributed by atoms with Gasteiger partial charge in [-0.05, 0) is 66.5 Å². The van der Waals surface area contributed by atoms with Gasteiger partial charge in [-0.2, -0.15) is 19.8 Å². The topological polar surface area (TPSA) is 38.0 Å². The number of nitrogens with one attached hydrogen (secondary N) is 1. The van der Waals surface area contributed by atoms with Gasteiger partial charge >= 0.3 is 51.4 Å². The number of benzene rings is 2. The molecule has 0 aliphatic heterocycles. The molecule has 0 aliphatic carbocycles. The third-order valence-corrected chi connectivity index (χ3v) is 3.53. The van der Waals surface area contributed by atoms with Crippen LogP contribution in [0.4, 0.5) is 0 Å². The number of nitrogens with two attached hydrogens (primary N) is 1. The van der Waals surface area contributed by atoms with E-state index in [4.69, 9.17) is 17.3 Å². The molecule has 0 amide bonds. The van der Waals surface area contributed by atoms with Gasteiger partial charge in [0, 0.05) is 23.5 Å². The van der Waals surface area contributed by atoms with Crippen molar-refractivity contribution in [1.82, 2.24) is 5.32 Å². The molecule has 0 saturated heterocycles. The second kappa shape index (κ2) is 22.3. The van der Waals surface area contributed by atoms with Crippen LogP contribution in [0, 0.1) is 13.8 Å². The molecule has 0 heterocycles. The van der Waals surface area contributed by atoms with Crippen LogP contribution >= 0.6 is 31.4 Å². The number of hydrogen-bond acceptors (Lipinski definition) is 2. The normalized spacial score (nSPS) is 9.61. The largest absolute Gasteiger partial charge is 1.00 e. The van der Waals surface area contributed by atoms with Gasteiger partial charge in [0.15, 0.2) is 0 Å². The zero-order chi connectivity index (χ0) is 21.1. The summed E-state index contributed by atoms with van der Waals surface area (Å²) in [5.41, 5.74) is 10.7. The molecule has 2 atom stereocenters. The van der Waals surface area contributed by atoms with Gasteiger partial charge in [0.2, 0.25) is 0 Å². The van der Waals surface area contributed by atoms with Crippen molar-refractivity contribution in [3.05, 3.63) is 70.8 Å². The smallest absolute Gasteiger partial charge is 1.00 e. The molecule has 2 aromatic carbocycles. The van der Waals surface area contributed by atoms with Crippen LogP contribution in [-0.4, -0.2) is 11.1 Å². The summed E-state index contributed by atoms with van der Waals surface area (Å²) < 4.78 is 0. The van der Waals surface area contributed by atoms with Crippen molar-refractivity contribution in [1.29, 1.82) is 0 Å². The summed E-state index contributed by atoms with van der Waals surface area (Å²) in [6.45, 7) is 17.6. The van der Waals surface area contributed by atoms with E-state index in [1.165, 1.54) is 22.3 Å². The van der Waals surface area contributed by atoms with Crippen molar-refractivity contribution in [2.24, 2.45) is 5.73 Å². The average molecular weight is 625 g/mol. The van der Waals surface area contributed by atoms with Crippen LogP contribution in [0.15, 0.2) is 48.5 Å². The number of rotatable bonds is 3. The molecule has 0 spiro atoms. The Morgan fingerprint density at radius 1 is 0.742 bits per heavy atom. The van der Waals surface area contributed by atoms with E-state index in [9.17, 15) is 0 Å². The molecule has 0 aliphatic rings. The van der Waals surface area contributed by atoms with Crippen molar-refractivity contribution in [3.63, 3.8) is 0 Å².